The van der Waals surface area contributed by atoms with E-state index in [1.807, 2.05) is 12.1 Å². The molecule has 2 heterocycles. The number of benzene rings is 1. The number of hydrogen-bond donors (Lipinski definition) is 2. The molecule has 3 rings (SSSR count). The van der Waals surface area contributed by atoms with Crippen LogP contribution in [0.25, 0.3) is 0 Å². The molecule has 0 saturated heterocycles. The zero-order valence-electron chi connectivity index (χ0n) is 9.05. The first-order chi connectivity index (χ1) is 8.24. The summed E-state index contributed by atoms with van der Waals surface area (Å²) < 4.78 is 0.264. The van der Waals surface area contributed by atoms with Gasteiger partial charge in [0, 0.05) is 12.2 Å². The number of hydrogen-bond acceptors (Lipinski definition) is 5. The number of H-pyrrole nitrogens is 1. The number of nitrogens with one attached hydrogen (secondary N) is 1. The Labute approximate surface area is 103 Å². The van der Waals surface area contributed by atoms with Crippen molar-refractivity contribution in [3.63, 3.8) is 0 Å². The second-order valence-corrected chi connectivity index (χ2v) is 4.24. The smallest absolute Gasteiger partial charge is 0.225 e. The lowest BCUT2D eigenvalue weighted by Crippen LogP contribution is -2.17. The van der Waals surface area contributed by atoms with Crippen molar-refractivity contribution in [3.05, 3.63) is 34.6 Å². The van der Waals surface area contributed by atoms with Gasteiger partial charge in [-0.25, -0.2) is 0 Å². The number of fused-ring (bicyclic) bond motifs is 1. The molecule has 1 aliphatic heterocycles. The van der Waals surface area contributed by atoms with Crippen LogP contribution >= 0.6 is 12.2 Å². The topological polar surface area (TPSA) is 70.8 Å². The van der Waals surface area contributed by atoms with E-state index >= 15 is 0 Å². The molecule has 86 valence electrons. The predicted octanol–water partition coefficient (Wildman–Crippen LogP) is 1.81. The Morgan fingerprint density at radius 3 is 2.94 bits per heavy atom. The lowest BCUT2D eigenvalue weighted by Gasteiger charge is -2.17. The van der Waals surface area contributed by atoms with Crippen LogP contribution in [0, 0.1) is 4.77 Å². The number of nitrogens with two attached hydrogens (primary N) is 1. The van der Waals surface area contributed by atoms with Crippen molar-refractivity contribution in [2.45, 2.75) is 6.42 Å². The summed E-state index contributed by atoms with van der Waals surface area (Å²) in [5, 5.41) is 0. The van der Waals surface area contributed by atoms with Gasteiger partial charge in [-0.2, -0.15) is 9.97 Å². The van der Waals surface area contributed by atoms with Crippen LogP contribution in [-0.2, 0) is 6.42 Å². The summed E-state index contributed by atoms with van der Waals surface area (Å²) in [7, 11) is 0. The molecule has 1 aliphatic rings. The summed E-state index contributed by atoms with van der Waals surface area (Å²) in [4.78, 5) is 13.1. The first-order valence-electron chi connectivity index (χ1n) is 5.33. The van der Waals surface area contributed by atoms with E-state index in [4.69, 9.17) is 18.0 Å². The maximum atomic E-state index is 5.65. The molecule has 17 heavy (non-hydrogen) atoms. The van der Waals surface area contributed by atoms with Crippen LogP contribution < -0.4 is 10.6 Å². The fraction of sp³-hybridized carbons (Fsp3) is 0.182. The van der Waals surface area contributed by atoms with Crippen molar-refractivity contribution in [1.29, 1.82) is 0 Å². The van der Waals surface area contributed by atoms with Crippen LogP contribution in [0.1, 0.15) is 5.56 Å². The molecule has 5 nitrogen and oxygen atoms in total. The van der Waals surface area contributed by atoms with Crippen LogP contribution in [0.3, 0.4) is 0 Å². The van der Waals surface area contributed by atoms with Gasteiger partial charge < -0.3 is 10.6 Å². The average Bonchev–Trinajstić information content (AvgIpc) is 2.71. The molecule has 0 saturated carbocycles. The highest BCUT2D eigenvalue weighted by Gasteiger charge is 2.21. The Balaban J connectivity index is 2.10. The average molecular weight is 245 g/mol. The Morgan fingerprint density at radius 1 is 1.29 bits per heavy atom. The van der Waals surface area contributed by atoms with Crippen molar-refractivity contribution < 1.29 is 0 Å². The minimum Gasteiger partial charge on any atom is -0.369 e. The number of aromatic nitrogens is 3. The molecule has 0 bridgehead atoms. The van der Waals surface area contributed by atoms with Gasteiger partial charge in [-0.1, -0.05) is 18.2 Å². The number of nitrogen functional groups attached to an aromatic ring is 1. The van der Waals surface area contributed by atoms with Crippen LogP contribution in [0.5, 0.6) is 0 Å². The molecular weight excluding hydrogens is 234 g/mol. The fourth-order valence-electron chi connectivity index (χ4n) is 2.08. The Bertz CT molecular complexity index is 621. The van der Waals surface area contributed by atoms with E-state index in [0.717, 1.165) is 18.7 Å². The summed E-state index contributed by atoms with van der Waals surface area (Å²) in [6.07, 6.45) is 1.00. The van der Waals surface area contributed by atoms with Gasteiger partial charge in [-0.3, -0.25) is 4.98 Å². The first-order valence-corrected chi connectivity index (χ1v) is 5.74. The fourth-order valence-corrected chi connectivity index (χ4v) is 2.26. The highest BCUT2D eigenvalue weighted by Crippen LogP contribution is 2.31. The van der Waals surface area contributed by atoms with E-state index in [2.05, 4.69) is 32.0 Å². The van der Waals surface area contributed by atoms with Gasteiger partial charge in [0.25, 0.3) is 0 Å². The molecule has 0 atom stereocenters. The number of aromatic amines is 1. The number of nitrogens with zero attached hydrogens (tertiary/aromatic N) is 3. The maximum Gasteiger partial charge on any atom is 0.225 e. The van der Waals surface area contributed by atoms with E-state index in [9.17, 15) is 0 Å². The standard InChI is InChI=1S/C11H11N5S/c12-9-13-10(15-11(17)14-9)16-6-5-7-3-1-2-4-8(7)16/h1-4H,5-6H2,(H3,12,13,14,15,17). The summed E-state index contributed by atoms with van der Waals surface area (Å²) in [6.45, 7) is 0.876. The quantitative estimate of drug-likeness (QED) is 0.750. The Morgan fingerprint density at radius 2 is 2.12 bits per heavy atom. The molecule has 0 spiro atoms. The van der Waals surface area contributed by atoms with E-state index in [1.54, 1.807) is 0 Å². The number of para-hydroxylation sites is 1. The molecular formula is C11H11N5S. The van der Waals surface area contributed by atoms with Crippen LogP contribution in [-0.4, -0.2) is 21.5 Å². The maximum absolute atomic E-state index is 5.65. The normalized spacial score (nSPS) is 13.8. The third-order valence-electron chi connectivity index (χ3n) is 2.80. The van der Waals surface area contributed by atoms with Gasteiger partial charge in [-0.05, 0) is 30.3 Å². The molecule has 0 fully saturated rings. The molecule has 2 aromatic rings. The summed E-state index contributed by atoms with van der Waals surface area (Å²) >= 11 is 4.97. The monoisotopic (exact) mass is 245 g/mol. The third kappa shape index (κ3) is 1.76. The molecule has 0 aliphatic carbocycles. The van der Waals surface area contributed by atoms with Crippen molar-refractivity contribution in [2.24, 2.45) is 0 Å². The number of rotatable bonds is 1. The van der Waals surface area contributed by atoms with Gasteiger partial charge in [0.05, 0.1) is 0 Å². The van der Waals surface area contributed by atoms with E-state index < -0.39 is 0 Å². The molecule has 1 aromatic heterocycles. The molecule has 0 unspecified atom stereocenters. The molecule has 0 radical (unpaired) electrons. The van der Waals surface area contributed by atoms with Crippen LogP contribution in [0.4, 0.5) is 17.6 Å². The zero-order chi connectivity index (χ0) is 11.8. The van der Waals surface area contributed by atoms with Crippen LogP contribution in [0.15, 0.2) is 24.3 Å². The summed E-state index contributed by atoms with van der Waals surface area (Å²) in [5.41, 5.74) is 8.11. The van der Waals surface area contributed by atoms with Crippen LogP contribution in [0.2, 0.25) is 0 Å². The van der Waals surface area contributed by atoms with Crippen molar-refractivity contribution in [1.82, 2.24) is 15.0 Å². The molecule has 1 aromatic carbocycles. The second kappa shape index (κ2) is 3.81. The Kier molecular flexibility index (Phi) is 2.29. The highest BCUT2D eigenvalue weighted by molar-refractivity contribution is 7.71. The van der Waals surface area contributed by atoms with Gasteiger partial charge in [0.2, 0.25) is 16.7 Å². The largest absolute Gasteiger partial charge is 0.369 e. The van der Waals surface area contributed by atoms with E-state index in [1.165, 1.54) is 5.56 Å². The lowest BCUT2D eigenvalue weighted by atomic mass is 10.2. The zero-order valence-corrected chi connectivity index (χ0v) is 9.87. The van der Waals surface area contributed by atoms with Gasteiger partial charge >= 0.3 is 0 Å². The van der Waals surface area contributed by atoms with Crippen molar-refractivity contribution in [3.8, 4) is 0 Å². The van der Waals surface area contributed by atoms with E-state index in [-0.39, 0.29) is 4.77 Å². The molecule has 6 heteroatoms. The summed E-state index contributed by atoms with van der Waals surface area (Å²) in [6, 6.07) is 8.24. The van der Waals surface area contributed by atoms with E-state index in [0.29, 0.717) is 11.9 Å². The third-order valence-corrected chi connectivity index (χ3v) is 2.98. The lowest BCUT2D eigenvalue weighted by molar-refractivity contribution is 0.916. The van der Waals surface area contributed by atoms with Gasteiger partial charge in [0.1, 0.15) is 0 Å². The van der Waals surface area contributed by atoms with Gasteiger partial charge in [-0.15, -0.1) is 0 Å². The number of anilines is 3. The van der Waals surface area contributed by atoms with Gasteiger partial charge in [0.15, 0.2) is 0 Å². The minimum absolute atomic E-state index is 0.264. The first kappa shape index (κ1) is 10.2. The predicted molar refractivity (Wildman–Crippen MR) is 68.8 cm³/mol. The molecule has 3 N–H and O–H groups in total. The van der Waals surface area contributed by atoms with Crippen molar-refractivity contribution in [2.75, 3.05) is 17.2 Å². The second-order valence-electron chi connectivity index (χ2n) is 3.87. The minimum atomic E-state index is 0.264. The SMILES string of the molecule is Nc1nc(=S)nc(N2CCc3ccccc32)[nH]1. The molecule has 0 amide bonds. The van der Waals surface area contributed by atoms with Crippen molar-refractivity contribution >= 4 is 29.8 Å². The summed E-state index contributed by atoms with van der Waals surface area (Å²) in [5.74, 6) is 0.955. The Hall–Kier alpha value is -1.95. The highest BCUT2D eigenvalue weighted by atomic mass is 32.1.